The Labute approximate surface area is 107 Å². The first-order valence-corrected chi connectivity index (χ1v) is 7.47. The standard InChI is InChI=1S/C15H30N2/c1-12-5-6-14(13(2)11-12)17-9-7-15(3,16-4)8-10-17/h12-14,16H,5-11H2,1-4H3. The van der Waals surface area contributed by atoms with Gasteiger partial charge in [-0.2, -0.15) is 0 Å². The van der Waals surface area contributed by atoms with E-state index in [2.05, 4.69) is 38.0 Å². The van der Waals surface area contributed by atoms with E-state index in [1.165, 1.54) is 45.2 Å². The number of hydrogen-bond donors (Lipinski definition) is 1. The zero-order valence-corrected chi connectivity index (χ0v) is 12.1. The Balaban J connectivity index is 1.88. The molecule has 2 aliphatic rings. The number of likely N-dealkylation sites (tertiary alicyclic amines) is 1. The fourth-order valence-corrected chi connectivity index (χ4v) is 3.79. The highest BCUT2D eigenvalue weighted by Gasteiger charge is 2.35. The highest BCUT2D eigenvalue weighted by atomic mass is 15.2. The minimum atomic E-state index is 0.391. The van der Waals surface area contributed by atoms with Crippen molar-refractivity contribution in [2.45, 2.75) is 64.5 Å². The molecule has 0 aromatic carbocycles. The molecule has 2 fully saturated rings. The van der Waals surface area contributed by atoms with Crippen molar-refractivity contribution in [2.24, 2.45) is 11.8 Å². The second kappa shape index (κ2) is 5.27. The second-order valence-electron chi connectivity index (χ2n) is 6.81. The average molecular weight is 238 g/mol. The summed E-state index contributed by atoms with van der Waals surface area (Å²) in [7, 11) is 2.11. The lowest BCUT2D eigenvalue weighted by Crippen LogP contribution is -2.54. The summed E-state index contributed by atoms with van der Waals surface area (Å²) in [6, 6.07) is 0.868. The zero-order valence-electron chi connectivity index (χ0n) is 12.1. The highest BCUT2D eigenvalue weighted by Crippen LogP contribution is 2.34. The summed E-state index contributed by atoms with van der Waals surface area (Å²) in [5.74, 6) is 1.85. The Morgan fingerprint density at radius 3 is 2.29 bits per heavy atom. The maximum Gasteiger partial charge on any atom is 0.0174 e. The van der Waals surface area contributed by atoms with Crippen LogP contribution < -0.4 is 5.32 Å². The molecule has 1 heterocycles. The lowest BCUT2D eigenvalue weighted by molar-refractivity contribution is 0.0514. The predicted octanol–water partition coefficient (Wildman–Crippen LogP) is 2.89. The van der Waals surface area contributed by atoms with Crippen LogP contribution in [0.1, 0.15) is 52.9 Å². The summed E-state index contributed by atoms with van der Waals surface area (Å²) >= 11 is 0. The zero-order chi connectivity index (χ0) is 12.5. The molecule has 1 saturated carbocycles. The number of nitrogens with zero attached hydrogens (tertiary/aromatic N) is 1. The van der Waals surface area contributed by atoms with Crippen LogP contribution >= 0.6 is 0 Å². The molecular formula is C15H30N2. The maximum absolute atomic E-state index is 3.50. The van der Waals surface area contributed by atoms with Crippen molar-refractivity contribution < 1.29 is 0 Å². The smallest absolute Gasteiger partial charge is 0.0174 e. The summed E-state index contributed by atoms with van der Waals surface area (Å²) in [4.78, 5) is 2.77. The van der Waals surface area contributed by atoms with Crippen LogP contribution in [0.2, 0.25) is 0 Å². The van der Waals surface area contributed by atoms with E-state index in [-0.39, 0.29) is 0 Å². The van der Waals surface area contributed by atoms with Crippen molar-refractivity contribution in [3.8, 4) is 0 Å². The molecule has 1 aliphatic heterocycles. The topological polar surface area (TPSA) is 15.3 Å². The Morgan fingerprint density at radius 2 is 1.76 bits per heavy atom. The Bertz CT molecular complexity index is 243. The van der Waals surface area contributed by atoms with Gasteiger partial charge >= 0.3 is 0 Å². The van der Waals surface area contributed by atoms with Crippen molar-refractivity contribution in [1.29, 1.82) is 0 Å². The molecular weight excluding hydrogens is 208 g/mol. The van der Waals surface area contributed by atoms with Crippen LogP contribution in [-0.2, 0) is 0 Å². The Hall–Kier alpha value is -0.0800. The third-order valence-electron chi connectivity index (χ3n) is 5.36. The third kappa shape index (κ3) is 3.03. The molecule has 3 atom stereocenters. The van der Waals surface area contributed by atoms with Gasteiger partial charge in [0, 0.05) is 24.7 Å². The molecule has 0 radical (unpaired) electrons. The molecule has 0 spiro atoms. The van der Waals surface area contributed by atoms with Gasteiger partial charge in [0.05, 0.1) is 0 Å². The van der Waals surface area contributed by atoms with Crippen molar-refractivity contribution in [3.05, 3.63) is 0 Å². The summed E-state index contributed by atoms with van der Waals surface area (Å²) in [5.41, 5.74) is 0.391. The fourth-order valence-electron chi connectivity index (χ4n) is 3.79. The number of hydrogen-bond acceptors (Lipinski definition) is 2. The highest BCUT2D eigenvalue weighted by molar-refractivity contribution is 4.92. The average Bonchev–Trinajstić information content (AvgIpc) is 2.31. The molecule has 1 N–H and O–H groups in total. The van der Waals surface area contributed by atoms with Gasteiger partial charge in [-0.25, -0.2) is 0 Å². The largest absolute Gasteiger partial charge is 0.314 e. The van der Waals surface area contributed by atoms with Gasteiger partial charge in [-0.15, -0.1) is 0 Å². The molecule has 0 amide bonds. The van der Waals surface area contributed by atoms with E-state index in [1.807, 2.05) is 0 Å². The van der Waals surface area contributed by atoms with Gasteiger partial charge in [-0.1, -0.05) is 13.8 Å². The van der Waals surface area contributed by atoms with E-state index in [4.69, 9.17) is 0 Å². The number of nitrogens with one attached hydrogen (secondary N) is 1. The van der Waals surface area contributed by atoms with Crippen LogP contribution in [0.5, 0.6) is 0 Å². The summed E-state index contributed by atoms with van der Waals surface area (Å²) in [5, 5.41) is 3.50. The summed E-state index contributed by atoms with van der Waals surface area (Å²) in [6.07, 6.45) is 6.92. The van der Waals surface area contributed by atoms with Gasteiger partial charge in [0.25, 0.3) is 0 Å². The van der Waals surface area contributed by atoms with E-state index in [1.54, 1.807) is 0 Å². The monoisotopic (exact) mass is 238 g/mol. The van der Waals surface area contributed by atoms with E-state index < -0.39 is 0 Å². The van der Waals surface area contributed by atoms with Gasteiger partial charge < -0.3 is 5.32 Å². The Kier molecular flexibility index (Phi) is 4.14. The molecule has 1 aliphatic carbocycles. The van der Waals surface area contributed by atoms with Gasteiger partial charge in [0.15, 0.2) is 0 Å². The number of rotatable bonds is 2. The van der Waals surface area contributed by atoms with Crippen LogP contribution in [-0.4, -0.2) is 36.6 Å². The van der Waals surface area contributed by atoms with Crippen LogP contribution in [0.15, 0.2) is 0 Å². The first-order valence-electron chi connectivity index (χ1n) is 7.47. The van der Waals surface area contributed by atoms with Gasteiger partial charge in [-0.05, 0) is 57.9 Å². The van der Waals surface area contributed by atoms with Crippen molar-refractivity contribution >= 4 is 0 Å². The molecule has 3 unspecified atom stereocenters. The molecule has 1 saturated heterocycles. The van der Waals surface area contributed by atoms with Crippen LogP contribution in [0.4, 0.5) is 0 Å². The van der Waals surface area contributed by atoms with Crippen LogP contribution in [0.25, 0.3) is 0 Å². The van der Waals surface area contributed by atoms with E-state index >= 15 is 0 Å². The predicted molar refractivity (Wildman–Crippen MR) is 74.2 cm³/mol. The molecule has 2 nitrogen and oxygen atoms in total. The number of piperidine rings is 1. The Morgan fingerprint density at radius 1 is 1.12 bits per heavy atom. The molecule has 2 heteroatoms. The quantitative estimate of drug-likeness (QED) is 0.796. The van der Waals surface area contributed by atoms with Gasteiger partial charge in [-0.3, -0.25) is 4.90 Å². The molecule has 100 valence electrons. The lowest BCUT2D eigenvalue weighted by Gasteiger charge is -2.46. The van der Waals surface area contributed by atoms with Crippen molar-refractivity contribution in [2.75, 3.05) is 20.1 Å². The molecule has 0 bridgehead atoms. The second-order valence-corrected chi connectivity index (χ2v) is 6.81. The van der Waals surface area contributed by atoms with Crippen molar-refractivity contribution in [3.63, 3.8) is 0 Å². The fraction of sp³-hybridized carbons (Fsp3) is 1.00. The first kappa shape index (κ1) is 13.4. The molecule has 0 aromatic rings. The normalized spacial score (nSPS) is 39.2. The van der Waals surface area contributed by atoms with Gasteiger partial charge in [0.1, 0.15) is 0 Å². The lowest BCUT2D eigenvalue weighted by atomic mass is 9.78. The van der Waals surface area contributed by atoms with Crippen LogP contribution in [0.3, 0.4) is 0 Å². The maximum atomic E-state index is 3.50. The summed E-state index contributed by atoms with van der Waals surface area (Å²) < 4.78 is 0. The van der Waals surface area contributed by atoms with Crippen LogP contribution in [0, 0.1) is 11.8 Å². The van der Waals surface area contributed by atoms with E-state index in [0.29, 0.717) is 5.54 Å². The summed E-state index contributed by atoms with van der Waals surface area (Å²) in [6.45, 7) is 9.84. The first-order chi connectivity index (χ1) is 8.04. The SMILES string of the molecule is CNC1(C)CCN(C2CCC(C)CC2C)CC1. The molecule has 17 heavy (non-hydrogen) atoms. The molecule has 2 rings (SSSR count). The minimum Gasteiger partial charge on any atom is -0.314 e. The molecule has 0 aromatic heterocycles. The minimum absolute atomic E-state index is 0.391. The third-order valence-corrected chi connectivity index (χ3v) is 5.36. The van der Waals surface area contributed by atoms with Crippen molar-refractivity contribution in [1.82, 2.24) is 10.2 Å². The van der Waals surface area contributed by atoms with Gasteiger partial charge in [0.2, 0.25) is 0 Å². The van der Waals surface area contributed by atoms with E-state index in [0.717, 1.165) is 17.9 Å². The van der Waals surface area contributed by atoms with E-state index in [9.17, 15) is 0 Å².